The van der Waals surface area contributed by atoms with Crippen LogP contribution in [-0.2, 0) is 4.79 Å². The highest BCUT2D eigenvalue weighted by atomic mass is 32.1. The van der Waals surface area contributed by atoms with Crippen LogP contribution in [0.1, 0.15) is 17.7 Å². The van der Waals surface area contributed by atoms with E-state index in [1.54, 1.807) is 12.1 Å². The zero-order valence-electron chi connectivity index (χ0n) is 10.9. The number of hydrogen-bond acceptors (Lipinski definition) is 4. The van der Waals surface area contributed by atoms with Crippen LogP contribution in [0.2, 0.25) is 0 Å². The number of aryl methyl sites for hydroxylation is 1. The molecule has 0 aliphatic heterocycles. The van der Waals surface area contributed by atoms with Crippen molar-refractivity contribution in [2.24, 2.45) is 5.92 Å². The number of nitrogen functional groups attached to an aromatic ring is 1. The first-order chi connectivity index (χ1) is 9.54. The van der Waals surface area contributed by atoms with Crippen LogP contribution in [0, 0.1) is 18.7 Å². The third-order valence-electron chi connectivity index (χ3n) is 3.26. The van der Waals surface area contributed by atoms with E-state index in [4.69, 9.17) is 5.73 Å². The second-order valence-electron chi connectivity index (χ2n) is 4.92. The van der Waals surface area contributed by atoms with Crippen LogP contribution in [0.4, 0.5) is 15.2 Å². The molecule has 1 aliphatic rings. The molecule has 104 valence electrons. The van der Waals surface area contributed by atoms with Gasteiger partial charge in [-0.25, -0.2) is 9.37 Å². The molecule has 0 spiro atoms. The summed E-state index contributed by atoms with van der Waals surface area (Å²) in [6.07, 6.45) is 1.78. The Bertz CT molecular complexity index is 679. The van der Waals surface area contributed by atoms with E-state index in [9.17, 15) is 9.18 Å². The van der Waals surface area contributed by atoms with Gasteiger partial charge < -0.3 is 11.1 Å². The quantitative estimate of drug-likeness (QED) is 0.912. The SMILES string of the molecule is Cc1sc(N)nc1-c1ccc(NC(=O)C2CC2)c(F)c1. The predicted molar refractivity (Wildman–Crippen MR) is 78.0 cm³/mol. The topological polar surface area (TPSA) is 68.0 Å². The summed E-state index contributed by atoms with van der Waals surface area (Å²) in [6, 6.07) is 4.69. The van der Waals surface area contributed by atoms with Crippen molar-refractivity contribution in [2.45, 2.75) is 19.8 Å². The Labute approximate surface area is 119 Å². The first-order valence-electron chi connectivity index (χ1n) is 6.38. The highest BCUT2D eigenvalue weighted by molar-refractivity contribution is 7.15. The number of anilines is 2. The molecule has 6 heteroatoms. The molecule has 0 atom stereocenters. The molecule has 1 saturated carbocycles. The van der Waals surface area contributed by atoms with Crippen molar-refractivity contribution in [3.63, 3.8) is 0 Å². The molecule has 1 aromatic carbocycles. The molecule has 3 N–H and O–H groups in total. The number of nitrogens with zero attached hydrogens (tertiary/aromatic N) is 1. The number of benzene rings is 1. The summed E-state index contributed by atoms with van der Waals surface area (Å²) in [6.45, 7) is 1.89. The lowest BCUT2D eigenvalue weighted by molar-refractivity contribution is -0.117. The average Bonchev–Trinajstić information content (AvgIpc) is 3.18. The number of nitrogens with two attached hydrogens (primary N) is 1. The molecule has 2 aromatic rings. The van der Waals surface area contributed by atoms with Crippen LogP contribution in [0.5, 0.6) is 0 Å². The first kappa shape index (κ1) is 13.1. The Balaban J connectivity index is 1.86. The van der Waals surface area contributed by atoms with Gasteiger partial charge >= 0.3 is 0 Å². The standard InChI is InChI=1S/C14H14FN3OS/c1-7-12(18-14(16)20-7)9-4-5-11(10(15)6-9)17-13(19)8-2-3-8/h4-6,8H,2-3H2,1H3,(H2,16,18)(H,17,19). The predicted octanol–water partition coefficient (Wildman–Crippen LogP) is 3.19. The van der Waals surface area contributed by atoms with E-state index in [1.165, 1.54) is 17.4 Å². The molecule has 0 radical (unpaired) electrons. The van der Waals surface area contributed by atoms with Crippen molar-refractivity contribution in [2.75, 3.05) is 11.1 Å². The number of aromatic nitrogens is 1. The summed E-state index contributed by atoms with van der Waals surface area (Å²) in [5.41, 5.74) is 7.21. The molecule has 4 nitrogen and oxygen atoms in total. The number of thiazole rings is 1. The van der Waals surface area contributed by atoms with Gasteiger partial charge in [0.2, 0.25) is 5.91 Å². The van der Waals surface area contributed by atoms with Crippen LogP contribution in [-0.4, -0.2) is 10.9 Å². The lowest BCUT2D eigenvalue weighted by atomic mass is 10.1. The molecule has 0 saturated heterocycles. The monoisotopic (exact) mass is 291 g/mol. The van der Waals surface area contributed by atoms with Gasteiger partial charge in [0, 0.05) is 16.4 Å². The van der Waals surface area contributed by atoms with E-state index in [1.807, 2.05) is 6.92 Å². The molecule has 0 unspecified atom stereocenters. The number of hydrogen-bond donors (Lipinski definition) is 2. The first-order valence-corrected chi connectivity index (χ1v) is 7.20. The third-order valence-corrected chi connectivity index (χ3v) is 4.06. The average molecular weight is 291 g/mol. The summed E-state index contributed by atoms with van der Waals surface area (Å²) in [5, 5.41) is 3.08. The molecular formula is C14H14FN3OS. The Morgan fingerprint density at radius 2 is 2.25 bits per heavy atom. The molecular weight excluding hydrogens is 277 g/mol. The van der Waals surface area contributed by atoms with Gasteiger partial charge in [-0.2, -0.15) is 0 Å². The molecule has 1 aromatic heterocycles. The summed E-state index contributed by atoms with van der Waals surface area (Å²) >= 11 is 1.37. The maximum atomic E-state index is 14.0. The minimum atomic E-state index is -0.456. The molecule has 3 rings (SSSR count). The van der Waals surface area contributed by atoms with Gasteiger partial charge in [-0.3, -0.25) is 4.79 Å². The normalized spacial score (nSPS) is 14.3. The van der Waals surface area contributed by atoms with Gasteiger partial charge in [-0.1, -0.05) is 6.07 Å². The van der Waals surface area contributed by atoms with Crippen LogP contribution in [0.15, 0.2) is 18.2 Å². The fourth-order valence-corrected chi connectivity index (χ4v) is 2.74. The Hall–Kier alpha value is -1.95. The van der Waals surface area contributed by atoms with E-state index >= 15 is 0 Å². The Morgan fingerprint density at radius 3 is 2.80 bits per heavy atom. The van der Waals surface area contributed by atoms with Gasteiger partial charge in [0.1, 0.15) is 5.82 Å². The molecule has 1 aliphatic carbocycles. The van der Waals surface area contributed by atoms with Crippen molar-refractivity contribution < 1.29 is 9.18 Å². The van der Waals surface area contributed by atoms with E-state index in [0.717, 1.165) is 17.7 Å². The largest absolute Gasteiger partial charge is 0.375 e. The summed E-state index contributed by atoms with van der Waals surface area (Å²) in [5.74, 6) is -0.511. The van der Waals surface area contributed by atoms with Gasteiger partial charge in [0.25, 0.3) is 0 Å². The van der Waals surface area contributed by atoms with E-state index in [-0.39, 0.29) is 17.5 Å². The highest BCUT2D eigenvalue weighted by Crippen LogP contribution is 2.33. The number of carbonyl (C=O) groups excluding carboxylic acids is 1. The maximum absolute atomic E-state index is 14.0. The molecule has 1 heterocycles. The van der Waals surface area contributed by atoms with Crippen molar-refractivity contribution >= 4 is 28.1 Å². The number of rotatable bonds is 3. The minimum absolute atomic E-state index is 0.0506. The smallest absolute Gasteiger partial charge is 0.227 e. The molecule has 1 amide bonds. The lowest BCUT2D eigenvalue weighted by Gasteiger charge is -2.07. The van der Waals surface area contributed by atoms with Crippen molar-refractivity contribution in [1.29, 1.82) is 0 Å². The van der Waals surface area contributed by atoms with Gasteiger partial charge in [-0.15, -0.1) is 11.3 Å². The van der Waals surface area contributed by atoms with Gasteiger partial charge in [0.15, 0.2) is 5.13 Å². The van der Waals surface area contributed by atoms with Gasteiger partial charge in [-0.05, 0) is 31.9 Å². The van der Waals surface area contributed by atoms with Crippen LogP contribution < -0.4 is 11.1 Å². The van der Waals surface area contributed by atoms with E-state index < -0.39 is 5.82 Å². The highest BCUT2D eigenvalue weighted by Gasteiger charge is 2.30. The zero-order valence-corrected chi connectivity index (χ0v) is 11.8. The molecule has 20 heavy (non-hydrogen) atoms. The second kappa shape index (κ2) is 4.86. The van der Waals surface area contributed by atoms with E-state index in [2.05, 4.69) is 10.3 Å². The van der Waals surface area contributed by atoms with Crippen LogP contribution >= 0.6 is 11.3 Å². The third kappa shape index (κ3) is 2.51. The fourth-order valence-electron chi connectivity index (χ4n) is 2.03. The molecule has 0 bridgehead atoms. The zero-order chi connectivity index (χ0) is 14.3. The Kier molecular flexibility index (Phi) is 3.17. The number of halogens is 1. The summed E-state index contributed by atoms with van der Waals surface area (Å²) in [4.78, 5) is 16.8. The van der Waals surface area contributed by atoms with Gasteiger partial charge in [0.05, 0.1) is 11.4 Å². The molecule has 1 fully saturated rings. The number of nitrogens with one attached hydrogen (secondary N) is 1. The van der Waals surface area contributed by atoms with Crippen molar-refractivity contribution in [1.82, 2.24) is 4.98 Å². The fraction of sp³-hybridized carbons (Fsp3) is 0.286. The lowest BCUT2D eigenvalue weighted by Crippen LogP contribution is -2.14. The van der Waals surface area contributed by atoms with E-state index in [0.29, 0.717) is 16.4 Å². The van der Waals surface area contributed by atoms with Crippen LogP contribution in [0.25, 0.3) is 11.3 Å². The van der Waals surface area contributed by atoms with Crippen molar-refractivity contribution in [3.8, 4) is 11.3 Å². The van der Waals surface area contributed by atoms with Crippen LogP contribution in [0.3, 0.4) is 0 Å². The maximum Gasteiger partial charge on any atom is 0.227 e. The Morgan fingerprint density at radius 1 is 1.50 bits per heavy atom. The number of amides is 1. The summed E-state index contributed by atoms with van der Waals surface area (Å²) in [7, 11) is 0. The number of carbonyl (C=O) groups is 1. The summed E-state index contributed by atoms with van der Waals surface area (Å²) < 4.78 is 14.0. The van der Waals surface area contributed by atoms with Crippen molar-refractivity contribution in [3.05, 3.63) is 28.9 Å². The second-order valence-corrected chi connectivity index (χ2v) is 6.15. The minimum Gasteiger partial charge on any atom is -0.375 e.